The van der Waals surface area contributed by atoms with Crippen molar-refractivity contribution in [2.45, 2.75) is 39.6 Å². The number of hydrogen-bond acceptors (Lipinski definition) is 2. The van der Waals surface area contributed by atoms with Crippen LogP contribution in [-0.4, -0.2) is 9.55 Å². The number of alkyl halides is 1. The van der Waals surface area contributed by atoms with Gasteiger partial charge in [0, 0.05) is 6.54 Å². The van der Waals surface area contributed by atoms with Crippen LogP contribution >= 0.6 is 11.6 Å². The van der Waals surface area contributed by atoms with E-state index < -0.39 is 0 Å². The molecule has 0 spiro atoms. The Morgan fingerprint density at radius 1 is 1.30 bits per heavy atom. The molecule has 20 heavy (non-hydrogen) atoms. The summed E-state index contributed by atoms with van der Waals surface area (Å²) < 4.78 is 2.17. The fourth-order valence-electron chi connectivity index (χ4n) is 2.21. The van der Waals surface area contributed by atoms with Gasteiger partial charge in [0.05, 0.1) is 28.0 Å². The summed E-state index contributed by atoms with van der Waals surface area (Å²) in [6, 6.07) is 7.78. The van der Waals surface area contributed by atoms with E-state index in [9.17, 15) is 0 Å². The first-order valence-electron chi connectivity index (χ1n) is 6.98. The van der Waals surface area contributed by atoms with E-state index in [0.29, 0.717) is 17.4 Å². The van der Waals surface area contributed by atoms with E-state index >= 15 is 0 Å². The summed E-state index contributed by atoms with van der Waals surface area (Å²) in [5, 5.41) is 8.92. The summed E-state index contributed by atoms with van der Waals surface area (Å²) in [4.78, 5) is 4.62. The highest BCUT2D eigenvalue weighted by molar-refractivity contribution is 6.20. The average molecular weight is 290 g/mol. The minimum atomic E-state index is -0.146. The van der Waals surface area contributed by atoms with E-state index in [4.69, 9.17) is 16.9 Å². The molecule has 0 N–H and O–H groups in total. The number of aromatic nitrogens is 2. The maximum absolute atomic E-state index is 9.07. The maximum Gasteiger partial charge on any atom is 0.127 e. The molecule has 0 amide bonds. The van der Waals surface area contributed by atoms with Crippen molar-refractivity contribution in [1.82, 2.24) is 9.55 Å². The topological polar surface area (TPSA) is 41.6 Å². The molecule has 0 aliphatic rings. The maximum atomic E-state index is 9.07. The largest absolute Gasteiger partial charge is 0.326 e. The lowest BCUT2D eigenvalue weighted by Crippen LogP contribution is -2.15. The lowest BCUT2D eigenvalue weighted by Gasteiger charge is -2.19. The molecule has 0 saturated carbocycles. The van der Waals surface area contributed by atoms with Gasteiger partial charge in [0.2, 0.25) is 0 Å². The Balaban J connectivity index is 2.58. The van der Waals surface area contributed by atoms with Gasteiger partial charge in [0.15, 0.2) is 0 Å². The Morgan fingerprint density at radius 3 is 2.55 bits per heavy atom. The number of nitrogens with zero attached hydrogens (tertiary/aromatic N) is 3. The molecule has 1 heterocycles. The predicted octanol–water partition coefficient (Wildman–Crippen LogP) is 4.50. The van der Waals surface area contributed by atoms with E-state index in [0.717, 1.165) is 23.4 Å². The first-order chi connectivity index (χ1) is 9.43. The molecule has 4 heteroatoms. The van der Waals surface area contributed by atoms with Crippen molar-refractivity contribution in [2.75, 3.05) is 0 Å². The van der Waals surface area contributed by atoms with Crippen LogP contribution in [0.4, 0.5) is 0 Å². The molecule has 0 saturated heterocycles. The third-order valence-electron chi connectivity index (χ3n) is 3.87. The Bertz CT molecular complexity index is 650. The molecular weight excluding hydrogens is 270 g/mol. The summed E-state index contributed by atoms with van der Waals surface area (Å²) in [7, 11) is 0. The van der Waals surface area contributed by atoms with E-state index in [1.165, 1.54) is 0 Å². The van der Waals surface area contributed by atoms with Gasteiger partial charge in [0.25, 0.3) is 0 Å². The number of nitriles is 1. The molecule has 0 aliphatic heterocycles. The van der Waals surface area contributed by atoms with Gasteiger partial charge in [-0.15, -0.1) is 11.6 Å². The summed E-state index contributed by atoms with van der Waals surface area (Å²) in [5.74, 6) is 1.99. The third kappa shape index (κ3) is 2.81. The molecule has 106 valence electrons. The van der Waals surface area contributed by atoms with E-state index in [2.05, 4.69) is 36.4 Å². The average Bonchev–Trinajstić information content (AvgIpc) is 2.76. The predicted molar refractivity (Wildman–Crippen MR) is 82.7 cm³/mol. The molecule has 3 nitrogen and oxygen atoms in total. The lowest BCUT2D eigenvalue weighted by molar-refractivity contribution is 0.364. The van der Waals surface area contributed by atoms with Crippen molar-refractivity contribution in [2.24, 2.45) is 11.8 Å². The van der Waals surface area contributed by atoms with Crippen LogP contribution in [-0.2, 0) is 6.54 Å². The summed E-state index contributed by atoms with van der Waals surface area (Å²) >= 11 is 6.27. The Hall–Kier alpha value is -1.53. The van der Waals surface area contributed by atoms with Gasteiger partial charge in [0.1, 0.15) is 5.82 Å². The minimum Gasteiger partial charge on any atom is -0.326 e. The van der Waals surface area contributed by atoms with Crippen molar-refractivity contribution in [3.63, 3.8) is 0 Å². The van der Waals surface area contributed by atoms with Crippen LogP contribution in [0.25, 0.3) is 11.0 Å². The van der Waals surface area contributed by atoms with Gasteiger partial charge in [-0.25, -0.2) is 4.98 Å². The van der Waals surface area contributed by atoms with Crippen LogP contribution in [0.1, 0.15) is 44.5 Å². The molecule has 0 aliphatic carbocycles. The second-order valence-corrected chi connectivity index (χ2v) is 6.39. The monoisotopic (exact) mass is 289 g/mol. The second kappa shape index (κ2) is 5.85. The Labute approximate surface area is 125 Å². The first-order valence-corrected chi connectivity index (χ1v) is 7.42. The highest BCUT2D eigenvalue weighted by atomic mass is 35.5. The van der Waals surface area contributed by atoms with Gasteiger partial charge < -0.3 is 4.57 Å². The molecule has 0 fully saturated rings. The van der Waals surface area contributed by atoms with Crippen molar-refractivity contribution in [3.05, 3.63) is 29.6 Å². The van der Waals surface area contributed by atoms with Crippen LogP contribution in [0.15, 0.2) is 18.2 Å². The lowest BCUT2D eigenvalue weighted by atomic mass is 9.98. The molecule has 2 aromatic rings. The molecule has 1 aromatic heterocycles. The molecule has 0 radical (unpaired) electrons. The highest BCUT2D eigenvalue weighted by Gasteiger charge is 2.18. The van der Waals surface area contributed by atoms with Crippen molar-refractivity contribution >= 4 is 22.6 Å². The SMILES string of the molecule is CC(Cl)c1nc2ccc(C#N)cc2n1CC(C)C(C)C. The third-order valence-corrected chi connectivity index (χ3v) is 4.07. The van der Waals surface area contributed by atoms with Crippen molar-refractivity contribution in [1.29, 1.82) is 5.26 Å². The fraction of sp³-hybridized carbons (Fsp3) is 0.500. The van der Waals surface area contributed by atoms with Gasteiger partial charge >= 0.3 is 0 Å². The molecule has 1 aromatic carbocycles. The summed E-state index contributed by atoms with van der Waals surface area (Å²) in [5.41, 5.74) is 2.56. The molecule has 2 rings (SSSR count). The van der Waals surface area contributed by atoms with Crippen LogP contribution in [0, 0.1) is 23.2 Å². The minimum absolute atomic E-state index is 0.146. The van der Waals surface area contributed by atoms with Gasteiger partial charge in [-0.3, -0.25) is 0 Å². The number of rotatable bonds is 4. The van der Waals surface area contributed by atoms with Crippen LogP contribution in [0.5, 0.6) is 0 Å². The number of halogens is 1. The molecular formula is C16H20ClN3. The number of benzene rings is 1. The number of hydrogen-bond donors (Lipinski definition) is 0. The zero-order valence-corrected chi connectivity index (χ0v) is 13.1. The Kier molecular flexibility index (Phi) is 4.35. The molecule has 2 atom stereocenters. The van der Waals surface area contributed by atoms with Crippen LogP contribution in [0.3, 0.4) is 0 Å². The quantitative estimate of drug-likeness (QED) is 0.778. The zero-order chi connectivity index (χ0) is 14.9. The number of fused-ring (bicyclic) bond motifs is 1. The standard InChI is InChI=1S/C16H20ClN3/c1-10(2)11(3)9-20-15-7-13(8-18)5-6-14(15)19-16(20)12(4)17/h5-7,10-12H,9H2,1-4H3. The van der Waals surface area contributed by atoms with Crippen LogP contribution < -0.4 is 0 Å². The van der Waals surface area contributed by atoms with Crippen molar-refractivity contribution < 1.29 is 0 Å². The second-order valence-electron chi connectivity index (χ2n) is 5.73. The van der Waals surface area contributed by atoms with E-state index in [1.807, 2.05) is 19.1 Å². The van der Waals surface area contributed by atoms with Gasteiger partial charge in [-0.05, 0) is 37.0 Å². The smallest absolute Gasteiger partial charge is 0.127 e. The number of imidazole rings is 1. The summed E-state index contributed by atoms with van der Waals surface area (Å²) in [6.45, 7) is 9.47. The van der Waals surface area contributed by atoms with Crippen molar-refractivity contribution in [3.8, 4) is 6.07 Å². The fourth-order valence-corrected chi connectivity index (χ4v) is 2.37. The Morgan fingerprint density at radius 2 is 2.00 bits per heavy atom. The molecule has 2 unspecified atom stereocenters. The normalized spacial score (nSPS) is 14.4. The van der Waals surface area contributed by atoms with Gasteiger partial charge in [-0.2, -0.15) is 5.26 Å². The van der Waals surface area contributed by atoms with E-state index in [-0.39, 0.29) is 5.38 Å². The zero-order valence-electron chi connectivity index (χ0n) is 12.4. The summed E-state index contributed by atoms with van der Waals surface area (Å²) in [6.07, 6.45) is 0. The van der Waals surface area contributed by atoms with Gasteiger partial charge in [-0.1, -0.05) is 20.8 Å². The highest BCUT2D eigenvalue weighted by Crippen LogP contribution is 2.27. The van der Waals surface area contributed by atoms with E-state index in [1.54, 1.807) is 6.07 Å². The molecule has 0 bridgehead atoms. The first kappa shape index (κ1) is 14.9. The van der Waals surface area contributed by atoms with Crippen LogP contribution in [0.2, 0.25) is 0 Å².